The molecule has 0 spiro atoms. The van der Waals surface area contributed by atoms with Crippen LogP contribution in [0.1, 0.15) is 11.1 Å². The number of benzene rings is 3. The zero-order chi connectivity index (χ0) is 26.7. The van der Waals surface area contributed by atoms with Gasteiger partial charge in [-0.1, -0.05) is 57.3 Å². The van der Waals surface area contributed by atoms with Gasteiger partial charge < -0.3 is 14.2 Å². The minimum Gasteiger partial charge on any atom is -0.495 e. The van der Waals surface area contributed by atoms with Crippen LogP contribution in [0.15, 0.2) is 64.6 Å². The maximum Gasteiger partial charge on any atom is 0.336 e. The highest BCUT2D eigenvalue weighted by Gasteiger charge is 2.38. The van der Waals surface area contributed by atoms with Gasteiger partial charge in [-0.05, 0) is 41.5 Å². The molecule has 0 bridgehead atoms. The van der Waals surface area contributed by atoms with Crippen LogP contribution in [-0.2, 0) is 16.2 Å². The molecule has 1 aliphatic heterocycles. The van der Waals surface area contributed by atoms with Crippen molar-refractivity contribution in [2.24, 2.45) is 0 Å². The zero-order valence-corrected chi connectivity index (χ0v) is 22.6. The Morgan fingerprint density at radius 3 is 2.22 bits per heavy atom. The van der Waals surface area contributed by atoms with Crippen LogP contribution in [0.4, 0.5) is 10.5 Å². The van der Waals surface area contributed by atoms with Crippen LogP contribution >= 0.6 is 39.1 Å². The van der Waals surface area contributed by atoms with Gasteiger partial charge >= 0.3 is 6.03 Å². The quantitative estimate of drug-likeness (QED) is 0.261. The standard InChI is InChI=1S/C26H19BrCl2N2O6/c1-35-22-12-20(23(36-2)11-19(22)29)31-25(33)17(24(32)30-26(31)34)9-15-5-8-21(18(28)10-15)37-13-14-3-6-16(27)7-4-14/h3-12H,13H2,1-2H3,(H,30,32,34)/b17-9+. The maximum atomic E-state index is 13.3. The molecule has 0 radical (unpaired) electrons. The first kappa shape index (κ1) is 26.5. The highest BCUT2D eigenvalue weighted by atomic mass is 79.9. The minimum atomic E-state index is -0.940. The lowest BCUT2D eigenvalue weighted by Crippen LogP contribution is -2.54. The molecule has 190 valence electrons. The summed E-state index contributed by atoms with van der Waals surface area (Å²) in [7, 11) is 2.75. The van der Waals surface area contributed by atoms with E-state index in [1.54, 1.807) is 18.2 Å². The van der Waals surface area contributed by atoms with E-state index in [9.17, 15) is 14.4 Å². The second-order valence-electron chi connectivity index (χ2n) is 7.72. The molecule has 1 fully saturated rings. The normalized spacial score (nSPS) is 14.6. The third-order valence-corrected chi connectivity index (χ3v) is 6.49. The summed E-state index contributed by atoms with van der Waals surface area (Å²) in [5.74, 6) is -0.925. The Hall–Kier alpha value is -3.53. The van der Waals surface area contributed by atoms with Gasteiger partial charge in [-0.15, -0.1) is 0 Å². The first-order valence-electron chi connectivity index (χ1n) is 10.7. The van der Waals surface area contributed by atoms with E-state index in [2.05, 4.69) is 21.2 Å². The predicted octanol–water partition coefficient (Wildman–Crippen LogP) is 6.02. The van der Waals surface area contributed by atoms with E-state index in [4.69, 9.17) is 37.4 Å². The van der Waals surface area contributed by atoms with Crippen molar-refractivity contribution in [1.29, 1.82) is 0 Å². The summed E-state index contributed by atoms with van der Waals surface area (Å²) in [4.78, 5) is 39.3. The van der Waals surface area contributed by atoms with Gasteiger partial charge in [-0.25, -0.2) is 9.69 Å². The molecule has 8 nitrogen and oxygen atoms in total. The van der Waals surface area contributed by atoms with Gasteiger partial charge in [0.15, 0.2) is 0 Å². The molecular formula is C26H19BrCl2N2O6. The van der Waals surface area contributed by atoms with Crippen molar-refractivity contribution < 1.29 is 28.6 Å². The number of barbiturate groups is 1. The number of methoxy groups -OCH3 is 2. The van der Waals surface area contributed by atoms with Gasteiger partial charge in [0.1, 0.15) is 29.4 Å². The van der Waals surface area contributed by atoms with E-state index < -0.39 is 17.8 Å². The number of imide groups is 2. The molecule has 0 atom stereocenters. The lowest BCUT2D eigenvalue weighted by atomic mass is 10.1. The Morgan fingerprint density at radius 2 is 1.57 bits per heavy atom. The number of urea groups is 1. The fourth-order valence-electron chi connectivity index (χ4n) is 3.53. The average Bonchev–Trinajstić information content (AvgIpc) is 2.87. The SMILES string of the molecule is COc1cc(N2C(=O)NC(=O)/C(=C\c3ccc(OCc4ccc(Br)cc4)c(Cl)c3)C2=O)c(OC)cc1Cl. The number of ether oxygens (including phenoxy) is 3. The molecule has 0 aromatic heterocycles. The molecule has 4 rings (SSSR count). The van der Waals surface area contributed by atoms with Crippen LogP contribution in [0.2, 0.25) is 10.0 Å². The molecule has 0 aliphatic carbocycles. The zero-order valence-electron chi connectivity index (χ0n) is 19.5. The first-order chi connectivity index (χ1) is 17.7. The number of hydrogen-bond donors (Lipinski definition) is 1. The molecule has 1 heterocycles. The van der Waals surface area contributed by atoms with E-state index in [1.165, 1.54) is 32.4 Å². The highest BCUT2D eigenvalue weighted by molar-refractivity contribution is 9.10. The minimum absolute atomic E-state index is 0.0550. The number of nitrogens with one attached hydrogen (secondary N) is 1. The van der Waals surface area contributed by atoms with Crippen molar-refractivity contribution >= 4 is 68.7 Å². The first-order valence-corrected chi connectivity index (χ1v) is 12.3. The summed E-state index contributed by atoms with van der Waals surface area (Å²) in [6.07, 6.45) is 1.33. The van der Waals surface area contributed by atoms with E-state index in [1.807, 2.05) is 24.3 Å². The summed E-state index contributed by atoms with van der Waals surface area (Å²) < 4.78 is 17.2. The number of carbonyl (C=O) groups is 3. The molecule has 0 saturated carbocycles. The van der Waals surface area contributed by atoms with Crippen LogP contribution in [0.5, 0.6) is 17.2 Å². The average molecular weight is 606 g/mol. The van der Waals surface area contributed by atoms with Crippen LogP contribution in [0.3, 0.4) is 0 Å². The van der Waals surface area contributed by atoms with Crippen LogP contribution in [-0.4, -0.2) is 32.1 Å². The second-order valence-corrected chi connectivity index (χ2v) is 9.45. The van der Waals surface area contributed by atoms with Gasteiger partial charge in [0, 0.05) is 16.6 Å². The molecule has 4 amide bonds. The molecule has 3 aromatic carbocycles. The topological polar surface area (TPSA) is 94.2 Å². The highest BCUT2D eigenvalue weighted by Crippen LogP contribution is 2.39. The van der Waals surface area contributed by atoms with Crippen molar-refractivity contribution in [3.63, 3.8) is 0 Å². The molecular weight excluding hydrogens is 587 g/mol. The summed E-state index contributed by atoms with van der Waals surface area (Å²) in [6, 6.07) is 14.3. The fourth-order valence-corrected chi connectivity index (χ4v) is 4.27. The fraction of sp³-hybridized carbons (Fsp3) is 0.115. The maximum absolute atomic E-state index is 13.3. The Kier molecular flexibility index (Phi) is 8.06. The number of rotatable bonds is 7. The Bertz CT molecular complexity index is 1430. The molecule has 11 heteroatoms. The lowest BCUT2D eigenvalue weighted by Gasteiger charge is -2.28. The van der Waals surface area contributed by atoms with Crippen molar-refractivity contribution in [3.8, 4) is 17.2 Å². The lowest BCUT2D eigenvalue weighted by molar-refractivity contribution is -0.122. The predicted molar refractivity (Wildman–Crippen MR) is 143 cm³/mol. The third-order valence-electron chi connectivity index (χ3n) is 5.37. The van der Waals surface area contributed by atoms with Crippen molar-refractivity contribution in [3.05, 3.63) is 85.8 Å². The smallest absolute Gasteiger partial charge is 0.336 e. The van der Waals surface area contributed by atoms with Crippen molar-refractivity contribution in [1.82, 2.24) is 5.32 Å². The van der Waals surface area contributed by atoms with Gasteiger partial charge in [0.2, 0.25) is 0 Å². The van der Waals surface area contributed by atoms with E-state index in [0.29, 0.717) is 17.9 Å². The summed E-state index contributed by atoms with van der Waals surface area (Å²) >= 11 is 15.9. The largest absolute Gasteiger partial charge is 0.495 e. The van der Waals surface area contributed by atoms with Gasteiger partial charge in [0.25, 0.3) is 11.8 Å². The molecule has 1 aliphatic rings. The van der Waals surface area contributed by atoms with Gasteiger partial charge in [-0.2, -0.15) is 0 Å². The molecule has 1 N–H and O–H groups in total. The number of amides is 4. The monoisotopic (exact) mass is 604 g/mol. The van der Waals surface area contributed by atoms with E-state index >= 15 is 0 Å². The van der Waals surface area contributed by atoms with E-state index in [0.717, 1.165) is 14.9 Å². The van der Waals surface area contributed by atoms with Gasteiger partial charge in [0.05, 0.1) is 30.0 Å². The van der Waals surface area contributed by atoms with Crippen molar-refractivity contribution in [2.45, 2.75) is 6.61 Å². The molecule has 3 aromatic rings. The Balaban J connectivity index is 1.61. The molecule has 0 unspecified atom stereocenters. The number of anilines is 1. The van der Waals surface area contributed by atoms with Crippen LogP contribution < -0.4 is 24.4 Å². The number of carbonyl (C=O) groups excluding carboxylic acids is 3. The molecule has 37 heavy (non-hydrogen) atoms. The van der Waals surface area contributed by atoms with E-state index in [-0.39, 0.29) is 32.8 Å². The second kappa shape index (κ2) is 11.2. The molecule has 1 saturated heterocycles. The Labute approximate surface area is 230 Å². The Morgan fingerprint density at radius 1 is 0.892 bits per heavy atom. The number of nitrogens with zero attached hydrogens (tertiary/aromatic N) is 1. The van der Waals surface area contributed by atoms with Crippen molar-refractivity contribution in [2.75, 3.05) is 19.1 Å². The summed E-state index contributed by atoms with van der Waals surface area (Å²) in [5.41, 5.74) is 1.18. The van der Waals surface area contributed by atoms with Crippen LogP contribution in [0, 0.1) is 0 Å². The summed E-state index contributed by atoms with van der Waals surface area (Å²) in [6.45, 7) is 0.303. The number of hydrogen-bond acceptors (Lipinski definition) is 6. The third kappa shape index (κ3) is 5.74. The summed E-state index contributed by atoms with van der Waals surface area (Å²) in [5, 5.41) is 2.67. The number of halogens is 3. The van der Waals surface area contributed by atoms with Crippen LogP contribution in [0.25, 0.3) is 6.08 Å². The van der Waals surface area contributed by atoms with Gasteiger partial charge in [-0.3, -0.25) is 14.9 Å².